The summed E-state index contributed by atoms with van der Waals surface area (Å²) in [6.07, 6.45) is 0.948. The van der Waals surface area contributed by atoms with E-state index in [1.807, 2.05) is 36.4 Å². The van der Waals surface area contributed by atoms with Crippen LogP contribution in [0.1, 0.15) is 27.7 Å². The third-order valence-electron chi connectivity index (χ3n) is 4.97. The van der Waals surface area contributed by atoms with Crippen LogP contribution in [0.3, 0.4) is 0 Å². The van der Waals surface area contributed by atoms with Gasteiger partial charge in [-0.1, -0.05) is 58.4 Å². The van der Waals surface area contributed by atoms with Gasteiger partial charge in [-0.25, -0.2) is 4.79 Å². The largest absolute Gasteiger partial charge is 0.493 e. The molecule has 0 amide bonds. The maximum atomic E-state index is 13.0. The third-order valence-corrected chi connectivity index (χ3v) is 5.66. The van der Waals surface area contributed by atoms with Crippen LogP contribution in [-0.2, 0) is 4.74 Å². The fourth-order valence-electron chi connectivity index (χ4n) is 3.44. The van der Waals surface area contributed by atoms with Crippen LogP contribution in [0, 0.1) is 0 Å². The van der Waals surface area contributed by atoms with Crippen LogP contribution in [0.15, 0.2) is 83.5 Å². The van der Waals surface area contributed by atoms with Crippen molar-refractivity contribution in [3.8, 4) is 11.5 Å². The van der Waals surface area contributed by atoms with Gasteiger partial charge in [0.2, 0.25) is 0 Å². The Hall–Kier alpha value is -3.38. The van der Waals surface area contributed by atoms with E-state index in [1.165, 1.54) is 0 Å². The number of hydrogen-bond acceptors (Lipinski definition) is 5. The number of fused-ring (bicyclic) bond motifs is 1. The number of methoxy groups -OCH3 is 2. The minimum absolute atomic E-state index is 0.443. The summed E-state index contributed by atoms with van der Waals surface area (Å²) < 4.78 is 17.6. The van der Waals surface area contributed by atoms with Crippen molar-refractivity contribution in [2.75, 3.05) is 14.2 Å². The van der Waals surface area contributed by atoms with Crippen molar-refractivity contribution in [2.24, 2.45) is 0 Å². The topological polar surface area (TPSA) is 57.7 Å². The van der Waals surface area contributed by atoms with Gasteiger partial charge in [-0.2, -0.15) is 0 Å². The molecule has 0 radical (unpaired) electrons. The lowest BCUT2D eigenvalue weighted by molar-refractivity contribution is 0.0372. The Morgan fingerprint density at radius 1 is 0.903 bits per heavy atom. The zero-order valence-electron chi connectivity index (χ0n) is 17.0. The molecule has 0 spiro atoms. The van der Waals surface area contributed by atoms with Gasteiger partial charge in [0.25, 0.3) is 0 Å². The molecule has 0 fully saturated rings. The lowest BCUT2D eigenvalue weighted by atomic mass is 10.00. The van der Waals surface area contributed by atoms with Gasteiger partial charge in [0, 0.05) is 21.6 Å². The first kappa shape index (κ1) is 20.9. The molecule has 31 heavy (non-hydrogen) atoms. The Bertz CT molecular complexity index is 1220. The predicted octanol–water partition coefficient (Wildman–Crippen LogP) is 5.96. The number of nitrogens with zero attached hydrogens (tertiary/aromatic N) is 1. The lowest BCUT2D eigenvalue weighted by Gasteiger charge is -2.22. The van der Waals surface area contributed by atoms with Gasteiger partial charge in [0.15, 0.2) is 17.6 Å². The summed E-state index contributed by atoms with van der Waals surface area (Å²) >= 11 is 3.60. The molecule has 0 aliphatic carbocycles. The number of halogens is 1. The van der Waals surface area contributed by atoms with E-state index in [-0.39, 0.29) is 0 Å². The molecule has 0 aliphatic heterocycles. The molecule has 6 heteroatoms. The molecule has 1 heterocycles. The second-order valence-corrected chi connectivity index (χ2v) is 7.65. The zero-order valence-corrected chi connectivity index (χ0v) is 18.6. The maximum Gasteiger partial charge on any atom is 0.339 e. The molecule has 1 atom stereocenters. The van der Waals surface area contributed by atoms with Crippen LogP contribution in [0.25, 0.3) is 10.8 Å². The molecule has 0 N–H and O–H groups in total. The van der Waals surface area contributed by atoms with Gasteiger partial charge in [-0.15, -0.1) is 0 Å². The number of hydrogen-bond donors (Lipinski definition) is 0. The first-order valence-corrected chi connectivity index (χ1v) is 10.4. The van der Waals surface area contributed by atoms with Crippen molar-refractivity contribution in [2.45, 2.75) is 6.10 Å². The molecule has 156 valence electrons. The second kappa shape index (κ2) is 9.18. The molecule has 4 rings (SSSR count). The summed E-state index contributed by atoms with van der Waals surface area (Å²) in [6.45, 7) is 0. The lowest BCUT2D eigenvalue weighted by Crippen LogP contribution is -2.15. The van der Waals surface area contributed by atoms with Crippen LogP contribution in [-0.4, -0.2) is 25.2 Å². The third kappa shape index (κ3) is 4.25. The predicted molar refractivity (Wildman–Crippen MR) is 123 cm³/mol. The molecule has 4 aromatic rings. The standard InChI is InChI=1S/C25H20BrNO4/c1-29-21-14-19(20(26)15-22(21)30-2)24(31-25(28)17-9-4-3-5-10-17)23-18-11-7-6-8-16(18)12-13-27-23/h3-15,24H,1-2H3/t24-/m0/s1. The summed E-state index contributed by atoms with van der Waals surface area (Å²) in [4.78, 5) is 17.6. The van der Waals surface area contributed by atoms with E-state index >= 15 is 0 Å². The highest BCUT2D eigenvalue weighted by molar-refractivity contribution is 9.10. The van der Waals surface area contributed by atoms with Crippen LogP contribution >= 0.6 is 15.9 Å². The summed E-state index contributed by atoms with van der Waals surface area (Å²) in [5, 5.41) is 1.91. The number of pyridine rings is 1. The fraction of sp³-hybridized carbons (Fsp3) is 0.120. The molecule has 0 saturated carbocycles. The first-order valence-electron chi connectivity index (χ1n) is 9.63. The summed E-state index contributed by atoms with van der Waals surface area (Å²) in [5.41, 5.74) is 1.80. The molecule has 0 saturated heterocycles. The van der Waals surface area contributed by atoms with Crippen molar-refractivity contribution in [3.05, 3.63) is 100 Å². The maximum absolute atomic E-state index is 13.0. The number of aromatic nitrogens is 1. The molecule has 0 bridgehead atoms. The normalized spacial score (nSPS) is 11.7. The molecule has 0 aliphatic rings. The van der Waals surface area contributed by atoms with Gasteiger partial charge in [-0.3, -0.25) is 4.98 Å². The van der Waals surface area contributed by atoms with E-state index in [4.69, 9.17) is 14.2 Å². The Labute approximate surface area is 188 Å². The minimum Gasteiger partial charge on any atom is -0.493 e. The number of benzene rings is 3. The average molecular weight is 478 g/mol. The quantitative estimate of drug-likeness (QED) is 0.320. The Balaban J connectivity index is 1.88. The van der Waals surface area contributed by atoms with Crippen molar-refractivity contribution >= 4 is 32.7 Å². The Morgan fingerprint density at radius 3 is 2.32 bits per heavy atom. The Morgan fingerprint density at radius 2 is 1.58 bits per heavy atom. The number of carbonyl (C=O) groups is 1. The fourth-order valence-corrected chi connectivity index (χ4v) is 3.97. The molecule has 0 unspecified atom stereocenters. The van der Waals surface area contributed by atoms with Crippen molar-refractivity contribution in [1.82, 2.24) is 4.98 Å². The van der Waals surface area contributed by atoms with Gasteiger partial charge >= 0.3 is 5.97 Å². The smallest absolute Gasteiger partial charge is 0.339 e. The van der Waals surface area contributed by atoms with Crippen molar-refractivity contribution < 1.29 is 19.0 Å². The van der Waals surface area contributed by atoms with Gasteiger partial charge in [0.1, 0.15) is 0 Å². The van der Waals surface area contributed by atoms with E-state index in [0.717, 1.165) is 10.8 Å². The average Bonchev–Trinajstić information content (AvgIpc) is 2.82. The summed E-state index contributed by atoms with van der Waals surface area (Å²) in [6, 6.07) is 22.3. The number of ether oxygens (including phenoxy) is 3. The van der Waals surface area contributed by atoms with Gasteiger partial charge < -0.3 is 14.2 Å². The van der Waals surface area contributed by atoms with E-state index in [1.54, 1.807) is 56.8 Å². The van der Waals surface area contributed by atoms with Crippen molar-refractivity contribution in [1.29, 1.82) is 0 Å². The highest BCUT2D eigenvalue weighted by atomic mass is 79.9. The van der Waals surface area contributed by atoms with E-state index < -0.39 is 12.1 Å². The molecule has 5 nitrogen and oxygen atoms in total. The highest BCUT2D eigenvalue weighted by Crippen LogP contribution is 2.40. The summed E-state index contributed by atoms with van der Waals surface area (Å²) in [5.74, 6) is 0.654. The van der Waals surface area contributed by atoms with Crippen molar-refractivity contribution in [3.63, 3.8) is 0 Å². The zero-order chi connectivity index (χ0) is 21.8. The van der Waals surface area contributed by atoms with Gasteiger partial charge in [-0.05, 0) is 35.7 Å². The van der Waals surface area contributed by atoms with E-state index in [0.29, 0.717) is 32.8 Å². The summed E-state index contributed by atoms with van der Waals surface area (Å²) in [7, 11) is 3.14. The minimum atomic E-state index is -0.770. The molecular formula is C25H20BrNO4. The van der Waals surface area contributed by atoms with Crippen LogP contribution < -0.4 is 9.47 Å². The number of rotatable bonds is 6. The number of carbonyl (C=O) groups excluding carboxylic acids is 1. The van der Waals surface area contributed by atoms with E-state index in [2.05, 4.69) is 20.9 Å². The highest BCUT2D eigenvalue weighted by Gasteiger charge is 2.27. The molecule has 1 aromatic heterocycles. The second-order valence-electron chi connectivity index (χ2n) is 6.80. The SMILES string of the molecule is COc1cc(Br)c([C@H](OC(=O)c2ccccc2)c2nccc3ccccc23)cc1OC. The first-order chi connectivity index (χ1) is 15.1. The number of esters is 1. The van der Waals surface area contributed by atoms with Gasteiger partial charge in [0.05, 0.1) is 25.5 Å². The van der Waals surface area contributed by atoms with Crippen LogP contribution in [0.5, 0.6) is 11.5 Å². The Kier molecular flexibility index (Phi) is 6.18. The van der Waals surface area contributed by atoms with E-state index in [9.17, 15) is 4.79 Å². The molecular weight excluding hydrogens is 458 g/mol. The van der Waals surface area contributed by atoms with Crippen LogP contribution in [0.4, 0.5) is 0 Å². The monoisotopic (exact) mass is 477 g/mol. The molecule has 3 aromatic carbocycles. The van der Waals surface area contributed by atoms with Crippen LogP contribution in [0.2, 0.25) is 0 Å².